The van der Waals surface area contributed by atoms with Crippen LogP contribution < -0.4 is 4.90 Å². The average molecular weight is 327 g/mol. The molecule has 0 unspecified atom stereocenters. The van der Waals surface area contributed by atoms with Gasteiger partial charge in [-0.2, -0.15) is 0 Å². The molecule has 0 aliphatic heterocycles. The van der Waals surface area contributed by atoms with Crippen molar-refractivity contribution in [3.8, 4) is 0 Å². The van der Waals surface area contributed by atoms with Gasteiger partial charge in [0.25, 0.3) is 0 Å². The number of benzene rings is 2. The Bertz CT molecular complexity index is 652. The Morgan fingerprint density at radius 1 is 0.958 bits per heavy atom. The molecule has 1 N–H and O–H groups in total. The molecule has 0 aliphatic carbocycles. The Morgan fingerprint density at radius 3 is 1.96 bits per heavy atom. The van der Waals surface area contributed by atoms with E-state index in [1.807, 2.05) is 62.6 Å². The highest BCUT2D eigenvalue weighted by molar-refractivity contribution is 5.90. The van der Waals surface area contributed by atoms with E-state index >= 15 is 0 Å². The van der Waals surface area contributed by atoms with Crippen LogP contribution in [0.25, 0.3) is 0 Å². The predicted octanol–water partition coefficient (Wildman–Crippen LogP) is 3.12. The number of carboxylic acid groups (broad SMARTS) is 1. The number of aliphatic carboxylic acids is 1. The van der Waals surface area contributed by atoms with Gasteiger partial charge < -0.3 is 14.7 Å². The van der Waals surface area contributed by atoms with Crippen LogP contribution in [0, 0.1) is 0 Å². The third-order valence-electron chi connectivity index (χ3n) is 2.86. The van der Waals surface area contributed by atoms with Crippen molar-refractivity contribution in [3.05, 3.63) is 78.4 Å². The van der Waals surface area contributed by atoms with E-state index in [9.17, 15) is 9.59 Å². The van der Waals surface area contributed by atoms with Crippen LogP contribution in [0.2, 0.25) is 0 Å². The summed E-state index contributed by atoms with van der Waals surface area (Å²) in [4.78, 5) is 23.1. The maximum Gasteiger partial charge on any atom is 0.331 e. The third-order valence-corrected chi connectivity index (χ3v) is 2.86. The summed E-state index contributed by atoms with van der Waals surface area (Å²) < 4.78 is 4.79. The molecule has 0 atom stereocenters. The third kappa shape index (κ3) is 8.38. The molecule has 5 nitrogen and oxygen atoms in total. The van der Waals surface area contributed by atoms with Gasteiger partial charge in [-0.05, 0) is 17.7 Å². The number of nitrogens with zero attached hydrogens (tertiary/aromatic N) is 1. The lowest BCUT2D eigenvalue weighted by Crippen LogP contribution is -2.07. The van der Waals surface area contributed by atoms with Crippen molar-refractivity contribution in [2.75, 3.05) is 19.0 Å². The maximum absolute atomic E-state index is 10.9. The Kier molecular flexibility index (Phi) is 8.39. The van der Waals surface area contributed by atoms with E-state index < -0.39 is 11.9 Å². The Balaban J connectivity index is 0.000000272. The first-order valence-electron chi connectivity index (χ1n) is 7.33. The lowest BCUT2D eigenvalue weighted by Gasteiger charge is -2.10. The summed E-state index contributed by atoms with van der Waals surface area (Å²) in [5.74, 6) is -1.84. The maximum atomic E-state index is 10.9. The first-order valence-corrected chi connectivity index (χ1v) is 7.33. The number of esters is 1. The van der Waals surface area contributed by atoms with Crippen LogP contribution >= 0.6 is 0 Å². The monoisotopic (exact) mass is 327 g/mol. The van der Waals surface area contributed by atoms with Crippen LogP contribution in [-0.2, 0) is 20.9 Å². The van der Waals surface area contributed by atoms with Crippen LogP contribution in [0.1, 0.15) is 5.56 Å². The molecule has 0 saturated carbocycles. The highest BCUT2D eigenvalue weighted by Crippen LogP contribution is 2.07. The summed E-state index contributed by atoms with van der Waals surface area (Å²) in [5, 5.41) is 8.25. The molecule has 0 aromatic heterocycles. The average Bonchev–Trinajstić information content (AvgIpc) is 2.60. The summed E-state index contributed by atoms with van der Waals surface area (Å²) in [6.45, 7) is 0.142. The standard InChI is InChI=1S/C11H10O4.C8H11N/c12-10(13)6-7-11(14)15-8-9-4-2-1-3-5-9;1-9(2)8-6-4-3-5-7-8/h1-7H,8H2,(H,12,13);3-7H,1-2H3/b7-6-;. The van der Waals surface area contributed by atoms with E-state index in [4.69, 9.17) is 9.84 Å². The van der Waals surface area contributed by atoms with Gasteiger partial charge in [-0.1, -0.05) is 48.5 Å². The number of carboxylic acids is 1. The zero-order valence-corrected chi connectivity index (χ0v) is 13.8. The first-order chi connectivity index (χ1) is 11.5. The minimum atomic E-state index is -1.17. The number of carbonyl (C=O) groups excluding carboxylic acids is 1. The second-order valence-corrected chi connectivity index (χ2v) is 4.99. The van der Waals surface area contributed by atoms with Crippen LogP contribution in [0.3, 0.4) is 0 Å². The van der Waals surface area contributed by atoms with Crippen LogP contribution in [0.15, 0.2) is 72.8 Å². The van der Waals surface area contributed by atoms with E-state index in [1.165, 1.54) is 5.69 Å². The molecule has 0 radical (unpaired) electrons. The Hall–Kier alpha value is -3.08. The Labute approximate surface area is 141 Å². The molecule has 126 valence electrons. The van der Waals surface area contributed by atoms with Gasteiger partial charge in [0.2, 0.25) is 0 Å². The van der Waals surface area contributed by atoms with E-state index in [-0.39, 0.29) is 6.61 Å². The zero-order valence-electron chi connectivity index (χ0n) is 13.8. The second kappa shape index (κ2) is 10.6. The van der Waals surface area contributed by atoms with Gasteiger partial charge in [-0.3, -0.25) is 0 Å². The van der Waals surface area contributed by atoms with Crippen molar-refractivity contribution >= 4 is 17.6 Å². The minimum absolute atomic E-state index is 0.142. The predicted molar refractivity (Wildman–Crippen MR) is 93.8 cm³/mol. The smallest absolute Gasteiger partial charge is 0.331 e. The summed E-state index contributed by atoms with van der Waals surface area (Å²) in [7, 11) is 4.07. The molecule has 24 heavy (non-hydrogen) atoms. The number of rotatable bonds is 5. The van der Waals surface area contributed by atoms with Gasteiger partial charge in [-0.25, -0.2) is 9.59 Å². The molecule has 2 rings (SSSR count). The van der Waals surface area contributed by atoms with Gasteiger partial charge in [-0.15, -0.1) is 0 Å². The van der Waals surface area contributed by atoms with Crippen molar-refractivity contribution < 1.29 is 19.4 Å². The number of para-hydroxylation sites is 1. The van der Waals surface area contributed by atoms with Gasteiger partial charge in [0.05, 0.1) is 0 Å². The molecule has 0 saturated heterocycles. The fraction of sp³-hybridized carbons (Fsp3) is 0.158. The fourth-order valence-electron chi connectivity index (χ4n) is 1.64. The molecule has 0 aliphatic rings. The number of hydrogen-bond acceptors (Lipinski definition) is 4. The first kappa shape index (κ1) is 19.0. The summed E-state index contributed by atoms with van der Waals surface area (Å²) in [5.41, 5.74) is 2.10. The van der Waals surface area contributed by atoms with Crippen LogP contribution in [0.4, 0.5) is 5.69 Å². The lowest BCUT2D eigenvalue weighted by atomic mass is 10.2. The molecular weight excluding hydrogens is 306 g/mol. The van der Waals surface area contributed by atoms with Crippen molar-refractivity contribution in [2.24, 2.45) is 0 Å². The normalized spacial score (nSPS) is 9.75. The number of ether oxygens (including phenoxy) is 1. The number of hydrogen-bond donors (Lipinski definition) is 1. The van der Waals surface area contributed by atoms with E-state index in [2.05, 4.69) is 17.0 Å². The van der Waals surface area contributed by atoms with E-state index in [0.717, 1.165) is 17.7 Å². The van der Waals surface area contributed by atoms with Crippen molar-refractivity contribution in [1.29, 1.82) is 0 Å². The van der Waals surface area contributed by atoms with Gasteiger partial charge >= 0.3 is 11.9 Å². The van der Waals surface area contributed by atoms with Crippen LogP contribution in [-0.4, -0.2) is 31.1 Å². The quantitative estimate of drug-likeness (QED) is 0.675. The van der Waals surface area contributed by atoms with Gasteiger partial charge in [0, 0.05) is 31.9 Å². The summed E-state index contributed by atoms with van der Waals surface area (Å²) in [6, 6.07) is 19.4. The second-order valence-electron chi connectivity index (χ2n) is 4.99. The Morgan fingerprint density at radius 2 is 1.50 bits per heavy atom. The highest BCUT2D eigenvalue weighted by atomic mass is 16.5. The molecule has 0 bridgehead atoms. The number of carbonyl (C=O) groups is 2. The van der Waals surface area contributed by atoms with E-state index in [0.29, 0.717) is 0 Å². The topological polar surface area (TPSA) is 66.8 Å². The van der Waals surface area contributed by atoms with Crippen molar-refractivity contribution in [3.63, 3.8) is 0 Å². The molecular formula is C19H21NO4. The van der Waals surface area contributed by atoms with Crippen LogP contribution in [0.5, 0.6) is 0 Å². The summed E-state index contributed by atoms with van der Waals surface area (Å²) in [6.07, 6.45) is 1.62. The SMILES string of the molecule is CN(C)c1ccccc1.O=C(O)/C=C\C(=O)OCc1ccccc1. The largest absolute Gasteiger partial charge is 0.478 e. The molecule has 5 heteroatoms. The molecule has 2 aromatic carbocycles. The molecule has 2 aromatic rings. The minimum Gasteiger partial charge on any atom is -0.478 e. The number of anilines is 1. The van der Waals surface area contributed by atoms with Crippen molar-refractivity contribution in [1.82, 2.24) is 0 Å². The lowest BCUT2D eigenvalue weighted by molar-refractivity contribution is -0.139. The molecule has 0 spiro atoms. The molecule has 0 fully saturated rings. The van der Waals surface area contributed by atoms with E-state index in [1.54, 1.807) is 0 Å². The van der Waals surface area contributed by atoms with Gasteiger partial charge in [0.1, 0.15) is 6.61 Å². The highest BCUT2D eigenvalue weighted by Gasteiger charge is 1.98. The molecule has 0 amide bonds. The van der Waals surface area contributed by atoms with Crippen molar-refractivity contribution in [2.45, 2.75) is 6.61 Å². The van der Waals surface area contributed by atoms with Gasteiger partial charge in [0.15, 0.2) is 0 Å². The zero-order chi connectivity index (χ0) is 17.8. The fourth-order valence-corrected chi connectivity index (χ4v) is 1.64. The molecule has 0 heterocycles. The summed E-state index contributed by atoms with van der Waals surface area (Å²) >= 11 is 0.